The fourth-order valence-corrected chi connectivity index (χ4v) is 3.53. The van der Waals surface area contributed by atoms with Crippen LogP contribution < -0.4 is 5.73 Å². The maximum Gasteiger partial charge on any atom is 0.0648 e. The molecule has 1 aromatic rings. The molecule has 20 heavy (non-hydrogen) atoms. The Kier molecular flexibility index (Phi) is 6.06. The first-order valence-corrected chi connectivity index (χ1v) is 8.17. The highest BCUT2D eigenvalue weighted by molar-refractivity contribution is 5.26. The van der Waals surface area contributed by atoms with Crippen molar-refractivity contribution in [1.82, 2.24) is 0 Å². The highest BCUT2D eigenvalue weighted by Crippen LogP contribution is 2.32. The van der Waals surface area contributed by atoms with Crippen molar-refractivity contribution < 1.29 is 5.11 Å². The molecule has 112 valence electrons. The Bertz CT molecular complexity index is 396. The van der Waals surface area contributed by atoms with Crippen molar-refractivity contribution in [2.75, 3.05) is 6.54 Å². The van der Waals surface area contributed by atoms with Crippen LogP contribution in [0.2, 0.25) is 0 Å². The average Bonchev–Trinajstić information content (AvgIpc) is 2.39. The molecule has 0 spiro atoms. The molecular weight excluding hydrogens is 246 g/mol. The number of aliphatic hydroxyl groups excluding tert-OH is 1. The number of aliphatic hydroxyl groups is 1. The Hall–Kier alpha value is -0.860. The van der Waals surface area contributed by atoms with Crippen LogP contribution in [0.4, 0.5) is 0 Å². The summed E-state index contributed by atoms with van der Waals surface area (Å²) < 4.78 is 0. The van der Waals surface area contributed by atoms with E-state index in [0.29, 0.717) is 12.5 Å². The van der Waals surface area contributed by atoms with Gasteiger partial charge in [0.15, 0.2) is 0 Å². The largest absolute Gasteiger partial charge is 0.392 e. The lowest BCUT2D eigenvalue weighted by Gasteiger charge is -2.31. The molecular formula is C18H29NO. The third-order valence-electron chi connectivity index (χ3n) is 4.77. The lowest BCUT2D eigenvalue weighted by molar-refractivity contribution is 0.0679. The second-order valence-corrected chi connectivity index (χ2v) is 6.35. The van der Waals surface area contributed by atoms with Crippen LogP contribution >= 0.6 is 0 Å². The van der Waals surface area contributed by atoms with Crippen LogP contribution in [0.1, 0.15) is 62.0 Å². The van der Waals surface area contributed by atoms with Gasteiger partial charge in [-0.1, -0.05) is 61.9 Å². The average molecular weight is 275 g/mol. The van der Waals surface area contributed by atoms with Crippen molar-refractivity contribution in [1.29, 1.82) is 0 Å². The first kappa shape index (κ1) is 15.5. The summed E-state index contributed by atoms with van der Waals surface area (Å²) in [6.45, 7) is 2.63. The van der Waals surface area contributed by atoms with Crippen LogP contribution in [0.25, 0.3) is 0 Å². The maximum atomic E-state index is 10.8. The third kappa shape index (κ3) is 4.07. The van der Waals surface area contributed by atoms with Gasteiger partial charge in [0.05, 0.1) is 6.10 Å². The Morgan fingerprint density at radius 1 is 1.15 bits per heavy atom. The van der Waals surface area contributed by atoms with Gasteiger partial charge in [-0.3, -0.25) is 0 Å². The zero-order valence-corrected chi connectivity index (χ0v) is 12.7. The molecule has 3 N–H and O–H groups in total. The number of benzene rings is 1. The Morgan fingerprint density at radius 2 is 1.80 bits per heavy atom. The van der Waals surface area contributed by atoms with E-state index in [-0.39, 0.29) is 12.0 Å². The lowest BCUT2D eigenvalue weighted by Crippen LogP contribution is -2.33. The molecule has 2 atom stereocenters. The first-order chi connectivity index (χ1) is 9.72. The van der Waals surface area contributed by atoms with Gasteiger partial charge in [-0.25, -0.2) is 0 Å². The van der Waals surface area contributed by atoms with Gasteiger partial charge < -0.3 is 10.8 Å². The Morgan fingerprint density at radius 3 is 2.40 bits per heavy atom. The van der Waals surface area contributed by atoms with Gasteiger partial charge in [-0.05, 0) is 31.2 Å². The van der Waals surface area contributed by atoms with E-state index in [1.54, 1.807) is 0 Å². The summed E-state index contributed by atoms with van der Waals surface area (Å²) in [4.78, 5) is 0. The molecule has 2 unspecified atom stereocenters. The van der Waals surface area contributed by atoms with Gasteiger partial charge in [0.1, 0.15) is 0 Å². The second-order valence-electron chi connectivity index (χ2n) is 6.35. The van der Waals surface area contributed by atoms with Gasteiger partial charge in [0, 0.05) is 12.5 Å². The molecule has 0 aromatic heterocycles. The Balaban J connectivity index is 2.08. The number of rotatable bonds is 4. The summed E-state index contributed by atoms with van der Waals surface area (Å²) in [5.41, 5.74) is 8.41. The van der Waals surface area contributed by atoms with Crippen LogP contribution in [-0.2, 0) is 0 Å². The molecule has 0 amide bonds. The van der Waals surface area contributed by atoms with Crippen LogP contribution in [0.15, 0.2) is 24.3 Å². The molecule has 0 radical (unpaired) electrons. The van der Waals surface area contributed by atoms with Crippen molar-refractivity contribution in [2.45, 2.75) is 63.9 Å². The van der Waals surface area contributed by atoms with Gasteiger partial charge in [0.25, 0.3) is 0 Å². The van der Waals surface area contributed by atoms with Gasteiger partial charge in [-0.2, -0.15) is 0 Å². The zero-order valence-electron chi connectivity index (χ0n) is 12.7. The van der Waals surface area contributed by atoms with E-state index in [4.69, 9.17) is 5.73 Å². The van der Waals surface area contributed by atoms with E-state index in [0.717, 1.165) is 12.8 Å². The molecule has 1 aliphatic carbocycles. The van der Waals surface area contributed by atoms with Gasteiger partial charge in [-0.15, -0.1) is 0 Å². The molecule has 1 aromatic carbocycles. The van der Waals surface area contributed by atoms with Crippen molar-refractivity contribution in [2.24, 2.45) is 11.7 Å². The minimum absolute atomic E-state index is 0.0827. The SMILES string of the molecule is Cc1cccc(C(CN)C(O)C2CCCCCCC2)c1. The first-order valence-electron chi connectivity index (χ1n) is 8.17. The van der Waals surface area contributed by atoms with Crippen LogP contribution in [-0.4, -0.2) is 17.8 Å². The molecule has 0 aliphatic heterocycles. The Labute approximate surface area is 123 Å². The fourth-order valence-electron chi connectivity index (χ4n) is 3.53. The number of hydrogen-bond donors (Lipinski definition) is 2. The smallest absolute Gasteiger partial charge is 0.0648 e. The van der Waals surface area contributed by atoms with E-state index in [1.807, 2.05) is 0 Å². The summed E-state index contributed by atoms with van der Waals surface area (Å²) in [5, 5.41) is 10.8. The second kappa shape index (κ2) is 7.80. The summed E-state index contributed by atoms with van der Waals surface area (Å²) in [5.74, 6) is 0.503. The molecule has 1 aliphatic rings. The topological polar surface area (TPSA) is 46.2 Å². The van der Waals surface area contributed by atoms with Gasteiger partial charge >= 0.3 is 0 Å². The van der Waals surface area contributed by atoms with Crippen molar-refractivity contribution >= 4 is 0 Å². The molecule has 0 heterocycles. The van der Waals surface area contributed by atoms with E-state index < -0.39 is 0 Å². The monoisotopic (exact) mass is 275 g/mol. The predicted octanol–water partition coefficient (Wildman–Crippen LogP) is 3.76. The predicted molar refractivity (Wildman–Crippen MR) is 84.8 cm³/mol. The molecule has 1 fully saturated rings. The summed E-state index contributed by atoms with van der Waals surface area (Å²) in [6, 6.07) is 8.44. The third-order valence-corrected chi connectivity index (χ3v) is 4.77. The van der Waals surface area contributed by atoms with Crippen LogP contribution in [0, 0.1) is 12.8 Å². The minimum Gasteiger partial charge on any atom is -0.392 e. The summed E-state index contributed by atoms with van der Waals surface area (Å²) in [7, 11) is 0. The number of nitrogens with two attached hydrogens (primary N) is 1. The van der Waals surface area contributed by atoms with Crippen LogP contribution in [0.5, 0.6) is 0 Å². The standard InChI is InChI=1S/C18H29NO/c1-14-8-7-11-16(12-14)17(13-19)18(20)15-9-5-3-2-4-6-10-15/h7-8,11-12,15,17-18,20H,2-6,9-10,13,19H2,1H3. The summed E-state index contributed by atoms with van der Waals surface area (Å²) >= 11 is 0. The van der Waals surface area contributed by atoms with E-state index in [2.05, 4.69) is 31.2 Å². The number of aryl methyl sites for hydroxylation is 1. The van der Waals surface area contributed by atoms with Crippen molar-refractivity contribution in [3.63, 3.8) is 0 Å². The minimum atomic E-state index is -0.292. The molecule has 2 nitrogen and oxygen atoms in total. The van der Waals surface area contributed by atoms with E-state index in [9.17, 15) is 5.11 Å². The highest BCUT2D eigenvalue weighted by Gasteiger charge is 2.28. The number of hydrogen-bond acceptors (Lipinski definition) is 2. The highest BCUT2D eigenvalue weighted by atomic mass is 16.3. The van der Waals surface area contributed by atoms with Gasteiger partial charge in [0.2, 0.25) is 0 Å². The molecule has 0 bridgehead atoms. The molecule has 2 rings (SSSR count). The molecule has 1 saturated carbocycles. The maximum absolute atomic E-state index is 10.8. The van der Waals surface area contributed by atoms with Crippen LogP contribution in [0.3, 0.4) is 0 Å². The van der Waals surface area contributed by atoms with E-state index >= 15 is 0 Å². The molecule has 2 heteroatoms. The van der Waals surface area contributed by atoms with E-state index in [1.165, 1.54) is 43.2 Å². The van der Waals surface area contributed by atoms with Crippen molar-refractivity contribution in [3.8, 4) is 0 Å². The lowest BCUT2D eigenvalue weighted by atomic mass is 9.79. The normalized spacial score (nSPS) is 20.9. The quantitative estimate of drug-likeness (QED) is 0.879. The van der Waals surface area contributed by atoms with Crippen molar-refractivity contribution in [3.05, 3.63) is 35.4 Å². The molecule has 0 saturated heterocycles. The summed E-state index contributed by atoms with van der Waals surface area (Å²) in [6.07, 6.45) is 8.54. The zero-order chi connectivity index (χ0) is 14.4. The fraction of sp³-hybridized carbons (Fsp3) is 0.667.